The van der Waals surface area contributed by atoms with E-state index in [4.69, 9.17) is 14.2 Å². The number of nitrogens with one attached hydrogen (secondary N) is 1. The first-order valence-corrected chi connectivity index (χ1v) is 7.12. The van der Waals surface area contributed by atoms with E-state index in [0.717, 1.165) is 6.42 Å². The number of hydrogen-bond acceptors (Lipinski definition) is 4. The molecule has 0 radical (unpaired) electrons. The standard InChI is InChI=1S/C13H16BrNO4/c1-17-5-4-10(7-14)15-13(16)9-2-3-11-12(6-9)19-8-18-11/h2-3,6,10H,4-5,7-8H2,1H3,(H,15,16). The van der Waals surface area contributed by atoms with Crippen LogP contribution in [-0.4, -0.2) is 37.8 Å². The molecule has 19 heavy (non-hydrogen) atoms. The number of hydrogen-bond donors (Lipinski definition) is 1. The van der Waals surface area contributed by atoms with Gasteiger partial charge in [0.15, 0.2) is 11.5 Å². The van der Waals surface area contributed by atoms with Gasteiger partial charge in [-0.1, -0.05) is 15.9 Å². The predicted octanol–water partition coefficient (Wildman–Crippen LogP) is 1.95. The molecule has 0 saturated carbocycles. The third kappa shape index (κ3) is 3.61. The zero-order chi connectivity index (χ0) is 13.7. The summed E-state index contributed by atoms with van der Waals surface area (Å²) in [5.41, 5.74) is 0.563. The van der Waals surface area contributed by atoms with Gasteiger partial charge in [0.1, 0.15) is 0 Å². The summed E-state index contributed by atoms with van der Waals surface area (Å²) in [6, 6.07) is 5.21. The molecule has 1 aliphatic heterocycles. The normalized spacial score (nSPS) is 14.2. The van der Waals surface area contributed by atoms with E-state index in [1.54, 1.807) is 25.3 Å². The number of rotatable bonds is 6. The van der Waals surface area contributed by atoms with E-state index in [9.17, 15) is 4.79 Å². The molecule has 104 valence electrons. The van der Waals surface area contributed by atoms with Gasteiger partial charge in [0.2, 0.25) is 6.79 Å². The van der Waals surface area contributed by atoms with E-state index < -0.39 is 0 Å². The lowest BCUT2D eigenvalue weighted by Crippen LogP contribution is -2.36. The van der Waals surface area contributed by atoms with Gasteiger partial charge in [-0.05, 0) is 24.6 Å². The highest BCUT2D eigenvalue weighted by atomic mass is 79.9. The Kier molecular flexibility index (Phi) is 5.04. The molecule has 0 spiro atoms. The van der Waals surface area contributed by atoms with E-state index >= 15 is 0 Å². The fourth-order valence-electron chi connectivity index (χ4n) is 1.75. The van der Waals surface area contributed by atoms with E-state index in [-0.39, 0.29) is 18.7 Å². The maximum atomic E-state index is 12.1. The number of halogens is 1. The topological polar surface area (TPSA) is 56.8 Å². The summed E-state index contributed by atoms with van der Waals surface area (Å²) in [5, 5.41) is 3.63. The molecule has 1 aromatic carbocycles. The van der Waals surface area contributed by atoms with Crippen LogP contribution in [0.5, 0.6) is 11.5 Å². The van der Waals surface area contributed by atoms with Crippen molar-refractivity contribution >= 4 is 21.8 Å². The molecule has 0 saturated heterocycles. The first-order chi connectivity index (χ1) is 9.24. The van der Waals surface area contributed by atoms with Crippen LogP contribution in [0, 0.1) is 0 Å². The summed E-state index contributed by atoms with van der Waals surface area (Å²) in [5.74, 6) is 1.16. The summed E-state index contributed by atoms with van der Waals surface area (Å²) < 4.78 is 15.5. The van der Waals surface area contributed by atoms with Gasteiger partial charge in [-0.15, -0.1) is 0 Å². The molecule has 1 unspecified atom stereocenters. The van der Waals surface area contributed by atoms with Gasteiger partial charge in [0, 0.05) is 30.7 Å². The van der Waals surface area contributed by atoms with Crippen LogP contribution in [0.25, 0.3) is 0 Å². The fraction of sp³-hybridized carbons (Fsp3) is 0.462. The predicted molar refractivity (Wildman–Crippen MR) is 74.1 cm³/mol. The summed E-state index contributed by atoms with van der Waals surface area (Å²) >= 11 is 3.38. The number of alkyl halides is 1. The quantitative estimate of drug-likeness (QED) is 0.810. The Morgan fingerprint density at radius 1 is 1.47 bits per heavy atom. The van der Waals surface area contributed by atoms with Crippen molar-refractivity contribution in [1.82, 2.24) is 5.32 Å². The Labute approximate surface area is 120 Å². The van der Waals surface area contributed by atoms with Crippen molar-refractivity contribution in [3.8, 4) is 11.5 Å². The molecule has 1 N–H and O–H groups in total. The molecule has 0 bridgehead atoms. The number of fused-ring (bicyclic) bond motifs is 1. The Morgan fingerprint density at radius 3 is 3.00 bits per heavy atom. The number of methoxy groups -OCH3 is 1. The maximum Gasteiger partial charge on any atom is 0.251 e. The molecule has 1 aliphatic rings. The molecule has 1 heterocycles. The fourth-order valence-corrected chi connectivity index (χ4v) is 2.24. The number of carbonyl (C=O) groups excluding carboxylic acids is 1. The zero-order valence-electron chi connectivity index (χ0n) is 10.6. The Hall–Kier alpha value is -1.27. The number of amides is 1. The lowest BCUT2D eigenvalue weighted by atomic mass is 10.1. The van der Waals surface area contributed by atoms with Gasteiger partial charge in [-0.3, -0.25) is 4.79 Å². The van der Waals surface area contributed by atoms with Crippen LogP contribution in [0.1, 0.15) is 16.8 Å². The number of carbonyl (C=O) groups is 1. The van der Waals surface area contributed by atoms with Crippen molar-refractivity contribution in [3.05, 3.63) is 23.8 Å². The minimum Gasteiger partial charge on any atom is -0.454 e. The molecule has 2 rings (SSSR count). The summed E-state index contributed by atoms with van der Waals surface area (Å²) in [4.78, 5) is 12.1. The molecule has 6 heteroatoms. The first kappa shape index (κ1) is 14.1. The first-order valence-electron chi connectivity index (χ1n) is 6.00. The monoisotopic (exact) mass is 329 g/mol. The van der Waals surface area contributed by atoms with Crippen LogP contribution in [0.3, 0.4) is 0 Å². The van der Waals surface area contributed by atoms with Gasteiger partial charge < -0.3 is 19.5 Å². The summed E-state index contributed by atoms with van der Waals surface area (Å²) in [6.45, 7) is 0.815. The van der Waals surface area contributed by atoms with E-state index in [2.05, 4.69) is 21.2 Å². The van der Waals surface area contributed by atoms with Crippen molar-refractivity contribution in [3.63, 3.8) is 0 Å². The van der Waals surface area contributed by atoms with Crippen LogP contribution < -0.4 is 14.8 Å². The molecule has 1 aromatic rings. The second-order valence-corrected chi connectivity index (χ2v) is 4.82. The Balaban J connectivity index is 1.99. The van der Waals surface area contributed by atoms with Crippen LogP contribution in [0.15, 0.2) is 18.2 Å². The Morgan fingerprint density at radius 2 is 2.26 bits per heavy atom. The number of benzene rings is 1. The van der Waals surface area contributed by atoms with E-state index in [1.165, 1.54) is 0 Å². The van der Waals surface area contributed by atoms with Gasteiger partial charge in [0.25, 0.3) is 5.91 Å². The summed E-state index contributed by atoms with van der Waals surface area (Å²) in [7, 11) is 1.64. The van der Waals surface area contributed by atoms with Gasteiger partial charge in [0.05, 0.1) is 0 Å². The SMILES string of the molecule is COCCC(CBr)NC(=O)c1ccc2c(c1)OCO2. The van der Waals surface area contributed by atoms with Gasteiger partial charge in [-0.25, -0.2) is 0 Å². The van der Waals surface area contributed by atoms with Crippen molar-refractivity contribution in [2.45, 2.75) is 12.5 Å². The molecular weight excluding hydrogens is 314 g/mol. The zero-order valence-corrected chi connectivity index (χ0v) is 12.2. The molecule has 0 aliphatic carbocycles. The highest BCUT2D eigenvalue weighted by Gasteiger charge is 2.18. The van der Waals surface area contributed by atoms with Crippen molar-refractivity contribution in [2.75, 3.05) is 25.8 Å². The van der Waals surface area contributed by atoms with Gasteiger partial charge >= 0.3 is 0 Å². The third-order valence-corrected chi connectivity index (χ3v) is 3.61. The average Bonchev–Trinajstić information content (AvgIpc) is 2.90. The van der Waals surface area contributed by atoms with E-state index in [1.807, 2.05) is 0 Å². The molecule has 1 atom stereocenters. The van der Waals surface area contributed by atoms with Crippen molar-refractivity contribution in [2.24, 2.45) is 0 Å². The highest BCUT2D eigenvalue weighted by Crippen LogP contribution is 2.32. The minimum atomic E-state index is -0.126. The van der Waals surface area contributed by atoms with Crippen LogP contribution >= 0.6 is 15.9 Å². The molecule has 1 amide bonds. The van der Waals surface area contributed by atoms with E-state index in [0.29, 0.717) is 29.0 Å². The van der Waals surface area contributed by atoms with Crippen LogP contribution in [-0.2, 0) is 4.74 Å². The van der Waals surface area contributed by atoms with Crippen LogP contribution in [0.4, 0.5) is 0 Å². The number of ether oxygens (including phenoxy) is 3. The minimum absolute atomic E-state index is 0.0397. The lowest BCUT2D eigenvalue weighted by molar-refractivity contribution is 0.0930. The lowest BCUT2D eigenvalue weighted by Gasteiger charge is -2.15. The third-order valence-electron chi connectivity index (χ3n) is 2.83. The second kappa shape index (κ2) is 6.77. The molecule has 0 fully saturated rings. The maximum absolute atomic E-state index is 12.1. The summed E-state index contributed by atoms with van der Waals surface area (Å²) in [6.07, 6.45) is 0.762. The Bertz CT molecular complexity index is 452. The van der Waals surface area contributed by atoms with Crippen molar-refractivity contribution in [1.29, 1.82) is 0 Å². The second-order valence-electron chi connectivity index (χ2n) is 4.17. The average molecular weight is 330 g/mol. The largest absolute Gasteiger partial charge is 0.454 e. The van der Waals surface area contributed by atoms with Crippen LogP contribution in [0.2, 0.25) is 0 Å². The van der Waals surface area contributed by atoms with Crippen molar-refractivity contribution < 1.29 is 19.0 Å². The molecular formula is C13H16BrNO4. The highest BCUT2D eigenvalue weighted by molar-refractivity contribution is 9.09. The van der Waals surface area contributed by atoms with Gasteiger partial charge in [-0.2, -0.15) is 0 Å². The molecule has 0 aromatic heterocycles. The smallest absolute Gasteiger partial charge is 0.251 e. The molecule has 5 nitrogen and oxygen atoms in total.